The number of carboxylic acids is 1. The summed E-state index contributed by atoms with van der Waals surface area (Å²) in [6.45, 7) is 1.76. The maximum absolute atomic E-state index is 13.0. The van der Waals surface area contributed by atoms with E-state index in [9.17, 15) is 19.6 Å². The van der Waals surface area contributed by atoms with Crippen LogP contribution in [0, 0.1) is 11.3 Å². The monoisotopic (exact) mass is 465 g/mol. The van der Waals surface area contributed by atoms with Crippen molar-refractivity contribution in [3.63, 3.8) is 0 Å². The number of nitrogens with zero attached hydrogens (tertiary/aromatic N) is 2. The van der Waals surface area contributed by atoms with Crippen molar-refractivity contribution in [2.75, 3.05) is 12.4 Å². The first-order chi connectivity index (χ1) is 15.8. The number of pyridine rings is 1. The third-order valence-corrected chi connectivity index (χ3v) is 5.32. The van der Waals surface area contributed by atoms with Crippen LogP contribution in [0.25, 0.3) is 11.1 Å². The number of carboxylic acid groups (broad SMARTS) is 1. The summed E-state index contributed by atoms with van der Waals surface area (Å²) in [5.41, 5.74) is 1.19. The van der Waals surface area contributed by atoms with Crippen LogP contribution >= 0.6 is 11.6 Å². The molecule has 168 valence electrons. The van der Waals surface area contributed by atoms with Crippen molar-refractivity contribution in [3.05, 3.63) is 81.2 Å². The first kappa shape index (κ1) is 23.6. The van der Waals surface area contributed by atoms with E-state index in [0.29, 0.717) is 39.6 Å². The minimum atomic E-state index is -1.07. The van der Waals surface area contributed by atoms with Crippen molar-refractivity contribution in [2.24, 2.45) is 0 Å². The number of amides is 1. The van der Waals surface area contributed by atoms with Gasteiger partial charge in [0.1, 0.15) is 11.8 Å². The number of carbonyl (C=O) groups excluding carboxylic acids is 1. The second-order valence-corrected chi connectivity index (χ2v) is 7.53. The number of rotatable bonds is 7. The molecule has 1 amide bonds. The third-order valence-electron chi connectivity index (χ3n) is 5.08. The van der Waals surface area contributed by atoms with Crippen LogP contribution in [0.4, 0.5) is 5.69 Å². The zero-order chi connectivity index (χ0) is 24.1. The van der Waals surface area contributed by atoms with Crippen LogP contribution in [0.15, 0.2) is 59.5 Å². The Kier molecular flexibility index (Phi) is 7.16. The molecule has 1 heterocycles. The topological polar surface area (TPSA) is 121 Å². The Morgan fingerprint density at radius 1 is 1.18 bits per heavy atom. The van der Waals surface area contributed by atoms with Crippen LogP contribution in [0.1, 0.15) is 35.3 Å². The highest BCUT2D eigenvalue weighted by molar-refractivity contribution is 6.31. The lowest BCUT2D eigenvalue weighted by Crippen LogP contribution is -2.32. The molecular weight excluding hydrogens is 446 g/mol. The van der Waals surface area contributed by atoms with Gasteiger partial charge in [0.25, 0.3) is 5.56 Å². The first-order valence-corrected chi connectivity index (χ1v) is 10.3. The van der Waals surface area contributed by atoms with E-state index in [2.05, 4.69) is 11.4 Å². The molecule has 2 aromatic carbocycles. The number of carbonyl (C=O) groups is 2. The fourth-order valence-corrected chi connectivity index (χ4v) is 3.58. The van der Waals surface area contributed by atoms with Crippen molar-refractivity contribution in [1.82, 2.24) is 4.57 Å². The van der Waals surface area contributed by atoms with E-state index in [4.69, 9.17) is 21.4 Å². The lowest BCUT2D eigenvalue weighted by atomic mass is 10.00. The zero-order valence-corrected chi connectivity index (χ0v) is 18.6. The summed E-state index contributed by atoms with van der Waals surface area (Å²) in [5.74, 6) is -1.22. The van der Waals surface area contributed by atoms with Gasteiger partial charge in [-0.15, -0.1) is 0 Å². The molecule has 33 heavy (non-hydrogen) atoms. The summed E-state index contributed by atoms with van der Waals surface area (Å²) >= 11 is 6.09. The van der Waals surface area contributed by atoms with Gasteiger partial charge in [0.05, 0.1) is 30.5 Å². The Balaban J connectivity index is 1.98. The van der Waals surface area contributed by atoms with Gasteiger partial charge in [-0.25, -0.2) is 4.79 Å². The number of methoxy groups -OCH3 is 1. The van der Waals surface area contributed by atoms with Crippen LogP contribution < -0.4 is 15.6 Å². The lowest BCUT2D eigenvalue weighted by molar-refractivity contribution is -0.119. The van der Waals surface area contributed by atoms with Gasteiger partial charge in [0.2, 0.25) is 5.91 Å². The highest BCUT2D eigenvalue weighted by atomic mass is 35.5. The van der Waals surface area contributed by atoms with E-state index in [0.717, 1.165) is 0 Å². The number of benzene rings is 2. The standard InChI is InChI=1S/C24H20ClN3O5/c1-3-20(23(30)27-17-8-5-14(6-9-17)24(31)32)28-13-21(33-2)19(11-22(28)29)18-10-16(25)7-4-15(18)12-26/h4-11,13,20H,3H2,1-2H3,(H,27,30)(H,31,32)/t20-/m0/s1. The molecule has 0 saturated carbocycles. The summed E-state index contributed by atoms with van der Waals surface area (Å²) in [7, 11) is 1.43. The van der Waals surface area contributed by atoms with Gasteiger partial charge >= 0.3 is 5.97 Å². The number of aromatic carboxylic acids is 1. The van der Waals surface area contributed by atoms with E-state index in [1.807, 2.05) is 0 Å². The van der Waals surface area contributed by atoms with E-state index in [1.165, 1.54) is 48.2 Å². The largest absolute Gasteiger partial charge is 0.495 e. The number of hydrogen-bond donors (Lipinski definition) is 2. The highest BCUT2D eigenvalue weighted by Gasteiger charge is 2.23. The summed E-state index contributed by atoms with van der Waals surface area (Å²) in [4.78, 5) is 36.9. The van der Waals surface area contributed by atoms with Gasteiger partial charge in [0, 0.05) is 27.9 Å². The van der Waals surface area contributed by atoms with Gasteiger partial charge in [0.15, 0.2) is 0 Å². The van der Waals surface area contributed by atoms with Gasteiger partial charge in [-0.1, -0.05) is 18.5 Å². The van der Waals surface area contributed by atoms with Crippen molar-refractivity contribution in [1.29, 1.82) is 5.26 Å². The van der Waals surface area contributed by atoms with E-state index in [-0.39, 0.29) is 5.56 Å². The summed E-state index contributed by atoms with van der Waals surface area (Å²) in [6.07, 6.45) is 1.74. The Bertz CT molecular complexity index is 1310. The fraction of sp³-hybridized carbons (Fsp3) is 0.167. The molecule has 0 spiro atoms. The van der Waals surface area contributed by atoms with Crippen molar-refractivity contribution in [2.45, 2.75) is 19.4 Å². The molecule has 3 rings (SSSR count). The van der Waals surface area contributed by atoms with E-state index >= 15 is 0 Å². The minimum absolute atomic E-state index is 0.0920. The predicted octanol–water partition coefficient (Wildman–Crippen LogP) is 4.34. The number of aromatic nitrogens is 1. The van der Waals surface area contributed by atoms with E-state index in [1.54, 1.807) is 25.1 Å². The molecule has 1 aromatic heterocycles. The number of nitriles is 1. The molecule has 0 radical (unpaired) electrons. The molecule has 1 atom stereocenters. The molecule has 0 bridgehead atoms. The zero-order valence-electron chi connectivity index (χ0n) is 17.8. The molecule has 0 fully saturated rings. The second kappa shape index (κ2) is 10.0. The predicted molar refractivity (Wildman–Crippen MR) is 124 cm³/mol. The quantitative estimate of drug-likeness (QED) is 0.535. The SMILES string of the molecule is CC[C@@H](C(=O)Nc1ccc(C(=O)O)cc1)n1cc(OC)c(-c2cc(Cl)ccc2C#N)cc1=O. The smallest absolute Gasteiger partial charge is 0.335 e. The Morgan fingerprint density at radius 3 is 2.45 bits per heavy atom. The summed E-state index contributed by atoms with van der Waals surface area (Å²) in [6, 6.07) is 12.9. The van der Waals surface area contributed by atoms with Gasteiger partial charge in [-0.05, 0) is 48.9 Å². The highest BCUT2D eigenvalue weighted by Crippen LogP contribution is 2.33. The first-order valence-electron chi connectivity index (χ1n) is 9.93. The van der Waals surface area contributed by atoms with Crippen LogP contribution in [0.5, 0.6) is 5.75 Å². The van der Waals surface area contributed by atoms with Crippen molar-refractivity contribution >= 4 is 29.2 Å². The van der Waals surface area contributed by atoms with Gasteiger partial charge in [-0.3, -0.25) is 14.2 Å². The maximum Gasteiger partial charge on any atom is 0.335 e. The summed E-state index contributed by atoms with van der Waals surface area (Å²) < 4.78 is 6.73. The number of halogens is 1. The molecule has 0 aliphatic heterocycles. The molecule has 0 aliphatic carbocycles. The average molecular weight is 466 g/mol. The fourth-order valence-electron chi connectivity index (χ4n) is 3.41. The van der Waals surface area contributed by atoms with Crippen LogP contribution in [-0.4, -0.2) is 28.7 Å². The average Bonchev–Trinajstić information content (AvgIpc) is 2.80. The summed E-state index contributed by atoms with van der Waals surface area (Å²) in [5, 5.41) is 21.5. The van der Waals surface area contributed by atoms with Crippen molar-refractivity contribution in [3.8, 4) is 22.9 Å². The molecule has 0 saturated heterocycles. The number of anilines is 1. The van der Waals surface area contributed by atoms with Gasteiger partial charge in [-0.2, -0.15) is 5.26 Å². The molecule has 2 N–H and O–H groups in total. The number of ether oxygens (including phenoxy) is 1. The Hall–Kier alpha value is -4.09. The molecule has 0 aliphatic rings. The molecule has 8 nitrogen and oxygen atoms in total. The number of nitrogens with one attached hydrogen (secondary N) is 1. The normalized spacial score (nSPS) is 11.3. The molecular formula is C24H20ClN3O5. The number of hydrogen-bond acceptors (Lipinski definition) is 5. The molecule has 9 heteroatoms. The van der Waals surface area contributed by atoms with Crippen molar-refractivity contribution < 1.29 is 19.4 Å². The van der Waals surface area contributed by atoms with Crippen LogP contribution in [0.2, 0.25) is 5.02 Å². The Morgan fingerprint density at radius 2 is 1.88 bits per heavy atom. The molecule has 3 aromatic rings. The van der Waals surface area contributed by atoms with Gasteiger partial charge < -0.3 is 15.2 Å². The minimum Gasteiger partial charge on any atom is -0.495 e. The molecule has 0 unspecified atom stereocenters. The lowest BCUT2D eigenvalue weighted by Gasteiger charge is -2.20. The second-order valence-electron chi connectivity index (χ2n) is 7.10. The third kappa shape index (κ3) is 5.05. The van der Waals surface area contributed by atoms with E-state index < -0.39 is 23.5 Å². The van der Waals surface area contributed by atoms with Crippen LogP contribution in [0.3, 0.4) is 0 Å². The maximum atomic E-state index is 13.0. The Labute approximate surface area is 194 Å². The van der Waals surface area contributed by atoms with Crippen LogP contribution in [-0.2, 0) is 4.79 Å².